The third-order valence-corrected chi connectivity index (χ3v) is 6.42. The number of rotatable bonds is 6. The van der Waals surface area contributed by atoms with Crippen molar-refractivity contribution in [3.05, 3.63) is 53.2 Å². The number of aliphatic imine (C=N–C) groups is 1. The number of nitrogens with zero attached hydrogens (tertiary/aromatic N) is 3. The Morgan fingerprint density at radius 3 is 2.77 bits per heavy atom. The summed E-state index contributed by atoms with van der Waals surface area (Å²) in [5, 5.41) is 0.731. The van der Waals surface area contributed by atoms with Gasteiger partial charge in [-0.15, -0.1) is 0 Å². The standard InChI is InChI=1S/C24H27N3O3S/c1-3-30-20-12-11-17(14-21(20)29-2)15-22-23(28)27(19-9-5-4-6-10-19)24(31-22)26-18-8-7-13-25-16-18/h7-8,11-16,19H,3-6,9-10H2,1-2H3/b22-15-,26-24?. The predicted molar refractivity (Wildman–Crippen MR) is 125 cm³/mol. The molecule has 1 saturated carbocycles. The molecule has 0 radical (unpaired) electrons. The molecule has 1 aromatic heterocycles. The quantitative estimate of drug-likeness (QED) is 0.564. The van der Waals surface area contributed by atoms with Crippen LogP contribution in [0, 0.1) is 0 Å². The minimum Gasteiger partial charge on any atom is -0.493 e. The SMILES string of the molecule is CCOc1ccc(/C=C2\SC(=Nc3cccnc3)N(C3CCCCC3)C2=O)cc1OC. The van der Waals surface area contributed by atoms with Crippen LogP contribution in [0.4, 0.5) is 5.69 Å². The van der Waals surface area contributed by atoms with Gasteiger partial charge in [0.15, 0.2) is 16.7 Å². The van der Waals surface area contributed by atoms with Gasteiger partial charge in [-0.1, -0.05) is 25.3 Å². The van der Waals surface area contributed by atoms with Crippen LogP contribution in [0.25, 0.3) is 6.08 Å². The Kier molecular flexibility index (Phi) is 6.92. The van der Waals surface area contributed by atoms with Crippen LogP contribution >= 0.6 is 11.8 Å². The van der Waals surface area contributed by atoms with Crippen molar-refractivity contribution in [2.45, 2.75) is 45.1 Å². The lowest BCUT2D eigenvalue weighted by Crippen LogP contribution is -2.40. The van der Waals surface area contributed by atoms with Crippen LogP contribution in [0.15, 0.2) is 52.6 Å². The average molecular weight is 438 g/mol. The van der Waals surface area contributed by atoms with Crippen molar-refractivity contribution in [3.63, 3.8) is 0 Å². The minimum absolute atomic E-state index is 0.0207. The zero-order valence-electron chi connectivity index (χ0n) is 17.9. The van der Waals surface area contributed by atoms with Gasteiger partial charge < -0.3 is 9.47 Å². The van der Waals surface area contributed by atoms with E-state index in [0.29, 0.717) is 23.0 Å². The van der Waals surface area contributed by atoms with Crippen LogP contribution in [0.3, 0.4) is 0 Å². The molecule has 0 bridgehead atoms. The Morgan fingerprint density at radius 2 is 2.06 bits per heavy atom. The molecule has 4 rings (SSSR count). The first-order valence-electron chi connectivity index (χ1n) is 10.7. The molecule has 0 N–H and O–H groups in total. The second-order valence-corrected chi connectivity index (χ2v) is 8.54. The molecule has 6 nitrogen and oxygen atoms in total. The van der Waals surface area contributed by atoms with Gasteiger partial charge in [0.25, 0.3) is 5.91 Å². The highest BCUT2D eigenvalue weighted by atomic mass is 32.2. The van der Waals surface area contributed by atoms with Crippen LogP contribution in [0.1, 0.15) is 44.6 Å². The first kappa shape index (κ1) is 21.4. The third-order valence-electron chi connectivity index (χ3n) is 5.43. The summed E-state index contributed by atoms with van der Waals surface area (Å²) in [5.74, 6) is 1.37. The van der Waals surface area contributed by atoms with Crippen LogP contribution in [0.5, 0.6) is 11.5 Å². The average Bonchev–Trinajstić information content (AvgIpc) is 3.10. The first-order valence-corrected chi connectivity index (χ1v) is 11.5. The molecular weight excluding hydrogens is 410 g/mol. The number of methoxy groups -OCH3 is 1. The van der Waals surface area contributed by atoms with E-state index in [1.54, 1.807) is 19.5 Å². The van der Waals surface area contributed by atoms with E-state index in [2.05, 4.69) is 4.98 Å². The zero-order valence-corrected chi connectivity index (χ0v) is 18.7. The number of benzene rings is 1. The lowest BCUT2D eigenvalue weighted by atomic mass is 9.94. The molecule has 0 spiro atoms. The number of thioether (sulfide) groups is 1. The molecule has 0 unspecified atom stereocenters. The normalized spacial score (nSPS) is 19.9. The molecular formula is C24H27N3O3S. The van der Waals surface area contributed by atoms with Crippen LogP contribution in [0.2, 0.25) is 0 Å². The van der Waals surface area contributed by atoms with E-state index in [9.17, 15) is 4.79 Å². The Labute approximate surface area is 187 Å². The summed E-state index contributed by atoms with van der Waals surface area (Å²) < 4.78 is 11.1. The number of amidine groups is 1. The van der Waals surface area contributed by atoms with Crippen molar-refractivity contribution in [1.82, 2.24) is 9.88 Å². The number of hydrogen-bond donors (Lipinski definition) is 0. The fourth-order valence-electron chi connectivity index (χ4n) is 3.96. The van der Waals surface area contributed by atoms with E-state index >= 15 is 0 Å². The summed E-state index contributed by atoms with van der Waals surface area (Å²) in [4.78, 5) is 24.9. The molecule has 31 heavy (non-hydrogen) atoms. The molecule has 2 heterocycles. The van der Waals surface area contributed by atoms with Crippen LogP contribution < -0.4 is 9.47 Å². The largest absolute Gasteiger partial charge is 0.493 e. The molecule has 2 aromatic rings. The molecule has 7 heteroatoms. The molecule has 162 valence electrons. The van der Waals surface area contributed by atoms with Gasteiger partial charge in [0.2, 0.25) is 0 Å². The highest BCUT2D eigenvalue weighted by Gasteiger charge is 2.38. The summed E-state index contributed by atoms with van der Waals surface area (Å²) in [6.07, 6.45) is 10.9. The maximum atomic E-state index is 13.4. The maximum absolute atomic E-state index is 13.4. The van der Waals surface area contributed by atoms with Crippen LogP contribution in [-0.4, -0.2) is 40.7 Å². The Balaban J connectivity index is 1.67. The fourth-order valence-corrected chi connectivity index (χ4v) is 5.02. The van der Waals surface area contributed by atoms with Gasteiger partial charge in [0.05, 0.1) is 30.5 Å². The maximum Gasteiger partial charge on any atom is 0.267 e. The van der Waals surface area contributed by atoms with Gasteiger partial charge in [-0.3, -0.25) is 14.7 Å². The van der Waals surface area contributed by atoms with Crippen LogP contribution in [-0.2, 0) is 4.79 Å². The van der Waals surface area contributed by atoms with Crippen molar-refractivity contribution < 1.29 is 14.3 Å². The number of carbonyl (C=O) groups excluding carboxylic acids is 1. The highest BCUT2D eigenvalue weighted by Crippen LogP contribution is 2.39. The molecule has 1 saturated heterocycles. The van der Waals surface area contributed by atoms with E-state index < -0.39 is 0 Å². The first-order chi connectivity index (χ1) is 15.2. The molecule has 1 amide bonds. The molecule has 1 aliphatic carbocycles. The van der Waals surface area contributed by atoms with Gasteiger partial charge >= 0.3 is 0 Å². The van der Waals surface area contributed by atoms with E-state index in [1.807, 2.05) is 48.2 Å². The highest BCUT2D eigenvalue weighted by molar-refractivity contribution is 8.18. The molecule has 2 fully saturated rings. The van der Waals surface area contributed by atoms with Gasteiger partial charge in [0, 0.05) is 12.2 Å². The van der Waals surface area contributed by atoms with Crippen molar-refractivity contribution >= 4 is 34.6 Å². The summed E-state index contributed by atoms with van der Waals surface area (Å²) in [6, 6.07) is 9.67. The lowest BCUT2D eigenvalue weighted by molar-refractivity contribution is -0.124. The van der Waals surface area contributed by atoms with E-state index in [4.69, 9.17) is 14.5 Å². The van der Waals surface area contributed by atoms with Crippen molar-refractivity contribution in [1.29, 1.82) is 0 Å². The summed E-state index contributed by atoms with van der Waals surface area (Å²) >= 11 is 1.43. The fraction of sp³-hybridized carbons (Fsp3) is 0.375. The monoisotopic (exact) mass is 437 g/mol. The number of ether oxygens (including phenoxy) is 2. The molecule has 1 aromatic carbocycles. The number of hydrogen-bond acceptors (Lipinski definition) is 6. The smallest absolute Gasteiger partial charge is 0.267 e. The van der Waals surface area contributed by atoms with E-state index in [0.717, 1.165) is 42.1 Å². The Hall–Kier alpha value is -2.80. The third kappa shape index (κ3) is 4.93. The van der Waals surface area contributed by atoms with Crippen molar-refractivity contribution in [2.75, 3.05) is 13.7 Å². The summed E-state index contributed by atoms with van der Waals surface area (Å²) in [6.45, 7) is 2.50. The second kappa shape index (κ2) is 10.0. The van der Waals surface area contributed by atoms with Gasteiger partial charge in [-0.05, 0) is 67.4 Å². The van der Waals surface area contributed by atoms with Crippen molar-refractivity contribution in [2.24, 2.45) is 4.99 Å². The van der Waals surface area contributed by atoms with Gasteiger partial charge in [-0.25, -0.2) is 4.99 Å². The predicted octanol–water partition coefficient (Wildman–Crippen LogP) is 5.43. The van der Waals surface area contributed by atoms with Gasteiger partial charge in [0.1, 0.15) is 0 Å². The molecule has 0 atom stereocenters. The van der Waals surface area contributed by atoms with Crippen molar-refractivity contribution in [3.8, 4) is 11.5 Å². The number of amides is 1. The Morgan fingerprint density at radius 1 is 1.23 bits per heavy atom. The number of pyridine rings is 1. The summed E-state index contributed by atoms with van der Waals surface area (Å²) in [5.41, 5.74) is 1.64. The second-order valence-electron chi connectivity index (χ2n) is 7.53. The number of aromatic nitrogens is 1. The minimum atomic E-state index is 0.0207. The molecule has 2 aliphatic rings. The molecule has 1 aliphatic heterocycles. The zero-order chi connectivity index (χ0) is 21.6. The topological polar surface area (TPSA) is 64.0 Å². The lowest BCUT2D eigenvalue weighted by Gasteiger charge is -2.30. The van der Waals surface area contributed by atoms with E-state index in [-0.39, 0.29) is 11.9 Å². The Bertz CT molecular complexity index is 985. The van der Waals surface area contributed by atoms with Gasteiger partial charge in [-0.2, -0.15) is 0 Å². The number of carbonyl (C=O) groups is 1. The summed E-state index contributed by atoms with van der Waals surface area (Å²) in [7, 11) is 1.62. The van der Waals surface area contributed by atoms with E-state index in [1.165, 1.54) is 18.2 Å².